The zero-order valence-electron chi connectivity index (χ0n) is 2.97. The van der Waals surface area contributed by atoms with Gasteiger partial charge in [-0.15, -0.1) is 5.11 Å². The molecule has 34 valence electrons. The van der Waals surface area contributed by atoms with Gasteiger partial charge in [0.05, 0.1) is 0 Å². The second-order valence-corrected chi connectivity index (χ2v) is 1.43. The first-order valence-electron chi connectivity index (χ1n) is 1.56. The summed E-state index contributed by atoms with van der Waals surface area (Å²) in [5.74, 6) is 0. The lowest BCUT2D eigenvalue weighted by atomic mass is 10.7. The van der Waals surface area contributed by atoms with Gasteiger partial charge in [-0.2, -0.15) is 0 Å². The fourth-order valence-electron chi connectivity index (χ4n) is 0.213. The molecule has 0 saturated heterocycles. The summed E-state index contributed by atoms with van der Waals surface area (Å²) in [7, 11) is 0. The van der Waals surface area contributed by atoms with Crippen molar-refractivity contribution < 1.29 is 4.84 Å². The van der Waals surface area contributed by atoms with Crippen LogP contribution in [-0.2, 0) is 4.84 Å². The first-order chi connectivity index (χ1) is 2.89. The summed E-state index contributed by atoms with van der Waals surface area (Å²) in [4.78, 5) is 4.38. The van der Waals surface area contributed by atoms with Crippen molar-refractivity contribution in [2.24, 2.45) is 10.4 Å². The van der Waals surface area contributed by atoms with Crippen LogP contribution in [0.25, 0.3) is 0 Å². The lowest BCUT2D eigenvalue weighted by Gasteiger charge is -1.81. The van der Waals surface area contributed by atoms with Crippen LogP contribution in [0.15, 0.2) is 10.4 Å². The standard InChI is InChI=1S/C2H3ClN2O/c3-2-1-6-5-4-2/h2H,1H2. The summed E-state index contributed by atoms with van der Waals surface area (Å²) in [6, 6.07) is 0. The van der Waals surface area contributed by atoms with E-state index in [4.69, 9.17) is 11.6 Å². The minimum atomic E-state index is -0.245. The first kappa shape index (κ1) is 3.87. The number of hydrogen-bond acceptors (Lipinski definition) is 3. The molecule has 1 atom stereocenters. The van der Waals surface area contributed by atoms with E-state index in [-0.39, 0.29) is 5.50 Å². The van der Waals surface area contributed by atoms with Crippen molar-refractivity contribution in [3.63, 3.8) is 0 Å². The van der Waals surface area contributed by atoms with Crippen LogP contribution >= 0.6 is 11.6 Å². The average molecular weight is 107 g/mol. The van der Waals surface area contributed by atoms with Crippen LogP contribution in [0.5, 0.6) is 0 Å². The number of alkyl halides is 1. The van der Waals surface area contributed by atoms with E-state index in [9.17, 15) is 0 Å². The molecule has 0 spiro atoms. The zero-order chi connectivity index (χ0) is 4.41. The van der Waals surface area contributed by atoms with Crippen molar-refractivity contribution in [1.82, 2.24) is 0 Å². The van der Waals surface area contributed by atoms with E-state index in [1.54, 1.807) is 0 Å². The van der Waals surface area contributed by atoms with E-state index in [1.165, 1.54) is 0 Å². The van der Waals surface area contributed by atoms with Crippen LogP contribution in [0.2, 0.25) is 0 Å². The molecule has 0 saturated carbocycles. The largest absolute Gasteiger partial charge is 0.376 e. The first-order valence-corrected chi connectivity index (χ1v) is 1.99. The molecule has 0 radical (unpaired) electrons. The summed E-state index contributed by atoms with van der Waals surface area (Å²) in [6.07, 6.45) is 0. The van der Waals surface area contributed by atoms with Gasteiger partial charge in [0, 0.05) is 5.28 Å². The van der Waals surface area contributed by atoms with Crippen molar-refractivity contribution in [3.8, 4) is 0 Å². The minimum Gasteiger partial charge on any atom is -0.376 e. The Hall–Kier alpha value is -0.310. The molecule has 0 fully saturated rings. The maximum atomic E-state index is 5.33. The monoisotopic (exact) mass is 106 g/mol. The summed E-state index contributed by atoms with van der Waals surface area (Å²) < 4.78 is 0. The van der Waals surface area contributed by atoms with Crippen molar-refractivity contribution in [3.05, 3.63) is 0 Å². The lowest BCUT2D eigenvalue weighted by molar-refractivity contribution is 0.171. The van der Waals surface area contributed by atoms with Gasteiger partial charge in [-0.25, -0.2) is 0 Å². The Morgan fingerprint density at radius 3 is 2.83 bits per heavy atom. The predicted molar refractivity (Wildman–Crippen MR) is 20.4 cm³/mol. The third-order valence-electron chi connectivity index (χ3n) is 0.442. The van der Waals surface area contributed by atoms with Crippen molar-refractivity contribution in [2.75, 3.05) is 6.61 Å². The molecule has 0 aromatic rings. The van der Waals surface area contributed by atoms with E-state index in [2.05, 4.69) is 15.2 Å². The number of hydrogen-bond donors (Lipinski definition) is 0. The van der Waals surface area contributed by atoms with Crippen LogP contribution in [0.1, 0.15) is 0 Å². The second-order valence-electron chi connectivity index (χ2n) is 0.927. The Morgan fingerprint density at radius 2 is 2.67 bits per heavy atom. The molecule has 3 nitrogen and oxygen atoms in total. The highest BCUT2D eigenvalue weighted by Crippen LogP contribution is 2.05. The van der Waals surface area contributed by atoms with E-state index < -0.39 is 0 Å². The van der Waals surface area contributed by atoms with E-state index in [0.29, 0.717) is 6.61 Å². The average Bonchev–Trinajstić information content (AvgIpc) is 1.86. The van der Waals surface area contributed by atoms with Gasteiger partial charge in [-0.1, -0.05) is 11.6 Å². The Morgan fingerprint density at radius 1 is 1.83 bits per heavy atom. The minimum absolute atomic E-state index is 0.245. The van der Waals surface area contributed by atoms with Gasteiger partial charge in [0.1, 0.15) is 0 Å². The van der Waals surface area contributed by atoms with Crippen LogP contribution in [0, 0.1) is 0 Å². The number of nitrogens with zero attached hydrogens (tertiary/aromatic N) is 2. The summed E-state index contributed by atoms with van der Waals surface area (Å²) in [5, 5.41) is 6.56. The maximum absolute atomic E-state index is 5.33. The Labute approximate surface area is 39.9 Å². The molecule has 1 unspecified atom stereocenters. The smallest absolute Gasteiger partial charge is 0.184 e. The molecular weight excluding hydrogens is 103 g/mol. The normalized spacial score (nSPS) is 30.5. The van der Waals surface area contributed by atoms with Crippen molar-refractivity contribution in [1.29, 1.82) is 0 Å². The highest BCUT2D eigenvalue weighted by Gasteiger charge is 2.06. The van der Waals surface area contributed by atoms with Gasteiger partial charge >= 0.3 is 0 Å². The number of halogens is 1. The van der Waals surface area contributed by atoms with Gasteiger partial charge < -0.3 is 4.84 Å². The van der Waals surface area contributed by atoms with E-state index in [1.807, 2.05) is 0 Å². The van der Waals surface area contributed by atoms with Crippen LogP contribution < -0.4 is 0 Å². The Balaban J connectivity index is 2.38. The molecule has 1 aliphatic rings. The van der Waals surface area contributed by atoms with Crippen molar-refractivity contribution >= 4 is 11.6 Å². The molecule has 1 rings (SSSR count). The van der Waals surface area contributed by atoms with Gasteiger partial charge in [-0.05, 0) is 0 Å². The third-order valence-corrected chi connectivity index (χ3v) is 0.656. The van der Waals surface area contributed by atoms with Gasteiger partial charge in [0.2, 0.25) is 0 Å². The highest BCUT2D eigenvalue weighted by atomic mass is 35.5. The second kappa shape index (κ2) is 1.43. The van der Waals surface area contributed by atoms with Crippen LogP contribution in [0.4, 0.5) is 0 Å². The van der Waals surface area contributed by atoms with E-state index >= 15 is 0 Å². The molecule has 0 aromatic carbocycles. The molecule has 0 N–H and O–H groups in total. The Kier molecular flexibility index (Phi) is 0.919. The summed E-state index contributed by atoms with van der Waals surface area (Å²) in [6.45, 7) is 0.418. The maximum Gasteiger partial charge on any atom is 0.184 e. The molecule has 1 heterocycles. The number of rotatable bonds is 0. The molecule has 4 heteroatoms. The molecule has 6 heavy (non-hydrogen) atoms. The molecule has 0 aliphatic carbocycles. The van der Waals surface area contributed by atoms with Gasteiger partial charge in [0.15, 0.2) is 12.1 Å². The molecule has 0 amide bonds. The van der Waals surface area contributed by atoms with Gasteiger partial charge in [0.25, 0.3) is 0 Å². The third kappa shape index (κ3) is 0.597. The fraction of sp³-hybridized carbons (Fsp3) is 1.00. The summed E-state index contributed by atoms with van der Waals surface area (Å²) in [5.41, 5.74) is -0.245. The van der Waals surface area contributed by atoms with Gasteiger partial charge in [-0.3, -0.25) is 0 Å². The Bertz CT molecular complexity index is 73.9. The van der Waals surface area contributed by atoms with Crippen LogP contribution in [-0.4, -0.2) is 12.1 Å². The molecular formula is C2H3ClN2O. The fourth-order valence-corrected chi connectivity index (χ4v) is 0.305. The highest BCUT2D eigenvalue weighted by molar-refractivity contribution is 6.20. The van der Waals surface area contributed by atoms with Crippen LogP contribution in [0.3, 0.4) is 0 Å². The predicted octanol–water partition coefficient (Wildman–Crippen LogP) is 0.949. The topological polar surface area (TPSA) is 34.0 Å². The molecule has 0 aromatic heterocycles. The molecule has 1 aliphatic heterocycles. The summed E-state index contributed by atoms with van der Waals surface area (Å²) >= 11 is 5.33. The zero-order valence-corrected chi connectivity index (χ0v) is 3.72. The van der Waals surface area contributed by atoms with E-state index in [0.717, 1.165) is 0 Å². The lowest BCUT2D eigenvalue weighted by Crippen LogP contribution is -1.92. The molecule has 0 bridgehead atoms. The van der Waals surface area contributed by atoms with Crippen molar-refractivity contribution in [2.45, 2.75) is 5.50 Å². The quantitative estimate of drug-likeness (QED) is 0.334. The SMILES string of the molecule is ClC1CON=N1.